The maximum atomic E-state index is 6.28. The molecule has 0 radical (unpaired) electrons. The fourth-order valence-corrected chi connectivity index (χ4v) is 3.00. The minimum Gasteiger partial charge on any atom is -0.346 e. The molecule has 3 nitrogen and oxygen atoms in total. The molecule has 1 N–H and O–H groups in total. The number of nitrogens with one attached hydrogen (secondary N) is 1. The second kappa shape index (κ2) is 8.27. The highest BCUT2D eigenvalue weighted by atomic mass is 35.5. The van der Waals surface area contributed by atoms with E-state index >= 15 is 0 Å². The monoisotopic (exact) mass is 347 g/mol. The molecule has 2 aromatic rings. The molecular formula is C18H22ClN3S. The lowest BCUT2D eigenvalue weighted by Gasteiger charge is -2.30. The fourth-order valence-electron chi connectivity index (χ4n) is 2.30. The molecule has 23 heavy (non-hydrogen) atoms. The lowest BCUT2D eigenvalue weighted by molar-refractivity contribution is 0.358. The molecule has 0 fully saturated rings. The van der Waals surface area contributed by atoms with Gasteiger partial charge in [0.05, 0.1) is 10.7 Å². The van der Waals surface area contributed by atoms with Crippen LogP contribution < -0.4 is 5.32 Å². The SMILES string of the molecule is Cc1ccc(NC(=S)N(CCc2ccncc2)C(C)C)c(Cl)c1. The topological polar surface area (TPSA) is 28.2 Å². The molecule has 1 aromatic carbocycles. The first-order chi connectivity index (χ1) is 11.0. The molecule has 122 valence electrons. The number of pyridine rings is 1. The van der Waals surface area contributed by atoms with Gasteiger partial charge in [0.1, 0.15) is 0 Å². The second-order valence-corrected chi connectivity index (χ2v) is 6.60. The normalized spacial score (nSPS) is 10.7. The largest absolute Gasteiger partial charge is 0.346 e. The van der Waals surface area contributed by atoms with Crippen molar-refractivity contribution in [2.75, 3.05) is 11.9 Å². The van der Waals surface area contributed by atoms with E-state index in [0.717, 1.165) is 24.2 Å². The molecule has 0 saturated heterocycles. The van der Waals surface area contributed by atoms with E-state index in [1.807, 2.05) is 49.6 Å². The minimum atomic E-state index is 0.307. The molecule has 0 aliphatic rings. The predicted octanol–water partition coefficient (Wildman–Crippen LogP) is 4.69. The van der Waals surface area contributed by atoms with Crippen LogP contribution in [0.4, 0.5) is 5.69 Å². The van der Waals surface area contributed by atoms with Crippen molar-refractivity contribution in [3.63, 3.8) is 0 Å². The number of nitrogens with zero attached hydrogens (tertiary/aromatic N) is 2. The van der Waals surface area contributed by atoms with Crippen molar-refractivity contribution < 1.29 is 0 Å². The van der Waals surface area contributed by atoms with Crippen LogP contribution in [-0.4, -0.2) is 27.6 Å². The van der Waals surface area contributed by atoms with Crippen molar-refractivity contribution >= 4 is 34.6 Å². The Balaban J connectivity index is 2.03. The zero-order valence-corrected chi connectivity index (χ0v) is 15.3. The maximum Gasteiger partial charge on any atom is 0.173 e. The number of halogens is 1. The number of benzene rings is 1. The zero-order valence-electron chi connectivity index (χ0n) is 13.7. The summed E-state index contributed by atoms with van der Waals surface area (Å²) in [5, 5.41) is 4.65. The van der Waals surface area contributed by atoms with Gasteiger partial charge in [-0.1, -0.05) is 17.7 Å². The van der Waals surface area contributed by atoms with Gasteiger partial charge in [-0.25, -0.2) is 0 Å². The fraction of sp³-hybridized carbons (Fsp3) is 0.333. The van der Waals surface area contributed by atoms with Crippen LogP contribution in [0.2, 0.25) is 5.02 Å². The number of thiocarbonyl (C=S) groups is 1. The van der Waals surface area contributed by atoms with Gasteiger partial charge in [-0.05, 0) is 74.8 Å². The molecule has 0 bridgehead atoms. The van der Waals surface area contributed by atoms with E-state index in [4.69, 9.17) is 23.8 Å². The Bertz CT molecular complexity index is 659. The van der Waals surface area contributed by atoms with Gasteiger partial charge in [-0.15, -0.1) is 0 Å². The minimum absolute atomic E-state index is 0.307. The van der Waals surface area contributed by atoms with Crippen LogP contribution in [0.5, 0.6) is 0 Å². The van der Waals surface area contributed by atoms with Crippen LogP contribution in [-0.2, 0) is 6.42 Å². The number of hydrogen-bond acceptors (Lipinski definition) is 2. The van der Waals surface area contributed by atoms with Crippen molar-refractivity contribution in [3.05, 3.63) is 58.9 Å². The quantitative estimate of drug-likeness (QED) is 0.794. The molecule has 2 rings (SSSR count). The molecule has 1 aromatic heterocycles. The van der Waals surface area contributed by atoms with Crippen LogP contribution in [0.3, 0.4) is 0 Å². The molecule has 5 heteroatoms. The molecule has 0 atom stereocenters. The molecule has 0 saturated carbocycles. The summed E-state index contributed by atoms with van der Waals surface area (Å²) in [6.45, 7) is 7.13. The first-order valence-corrected chi connectivity index (χ1v) is 8.48. The number of aryl methyl sites for hydroxylation is 1. The summed E-state index contributed by atoms with van der Waals surface area (Å²) in [4.78, 5) is 6.22. The molecule has 0 spiro atoms. The average molecular weight is 348 g/mol. The first kappa shape index (κ1) is 17.7. The van der Waals surface area contributed by atoms with Crippen molar-refractivity contribution in [1.29, 1.82) is 0 Å². The molecule has 0 amide bonds. The van der Waals surface area contributed by atoms with Crippen molar-refractivity contribution in [1.82, 2.24) is 9.88 Å². The van der Waals surface area contributed by atoms with E-state index in [1.165, 1.54) is 5.56 Å². The standard InChI is InChI=1S/C18H22ClN3S/c1-13(2)22(11-8-15-6-9-20-10-7-15)18(23)21-17-5-4-14(3)12-16(17)19/h4-7,9-10,12-13H,8,11H2,1-3H3,(H,21,23). The van der Waals surface area contributed by atoms with E-state index in [1.54, 1.807) is 0 Å². The third-order valence-corrected chi connectivity index (χ3v) is 4.29. The van der Waals surface area contributed by atoms with Crippen LogP contribution in [0.1, 0.15) is 25.0 Å². The number of rotatable bonds is 5. The van der Waals surface area contributed by atoms with Gasteiger partial charge in [-0.3, -0.25) is 4.98 Å². The van der Waals surface area contributed by atoms with E-state index < -0.39 is 0 Å². The summed E-state index contributed by atoms with van der Waals surface area (Å²) in [7, 11) is 0. The Morgan fingerprint density at radius 3 is 2.57 bits per heavy atom. The number of anilines is 1. The van der Waals surface area contributed by atoms with E-state index in [2.05, 4.69) is 29.0 Å². The smallest absolute Gasteiger partial charge is 0.173 e. The highest BCUT2D eigenvalue weighted by Crippen LogP contribution is 2.23. The first-order valence-electron chi connectivity index (χ1n) is 7.70. The molecule has 1 heterocycles. The molecule has 0 unspecified atom stereocenters. The summed E-state index contributed by atoms with van der Waals surface area (Å²) in [5.74, 6) is 0. The average Bonchev–Trinajstić information content (AvgIpc) is 2.51. The van der Waals surface area contributed by atoms with Crippen LogP contribution in [0.25, 0.3) is 0 Å². The maximum absolute atomic E-state index is 6.28. The summed E-state index contributed by atoms with van der Waals surface area (Å²) in [6.07, 6.45) is 4.56. The molecule has 0 aliphatic heterocycles. The van der Waals surface area contributed by atoms with E-state index in [0.29, 0.717) is 16.2 Å². The molecule has 0 aliphatic carbocycles. The number of hydrogen-bond donors (Lipinski definition) is 1. The van der Waals surface area contributed by atoms with E-state index in [-0.39, 0.29) is 0 Å². The zero-order chi connectivity index (χ0) is 16.8. The lowest BCUT2D eigenvalue weighted by atomic mass is 10.2. The third kappa shape index (κ3) is 5.19. The van der Waals surface area contributed by atoms with Gasteiger partial charge < -0.3 is 10.2 Å². The van der Waals surface area contributed by atoms with Crippen LogP contribution in [0, 0.1) is 6.92 Å². The van der Waals surface area contributed by atoms with Gasteiger partial charge >= 0.3 is 0 Å². The highest BCUT2D eigenvalue weighted by Gasteiger charge is 2.14. The summed E-state index contributed by atoms with van der Waals surface area (Å²) < 4.78 is 0. The van der Waals surface area contributed by atoms with Gasteiger partial charge in [-0.2, -0.15) is 0 Å². The summed E-state index contributed by atoms with van der Waals surface area (Å²) in [5.41, 5.74) is 3.23. The Kier molecular flexibility index (Phi) is 6.37. The lowest BCUT2D eigenvalue weighted by Crippen LogP contribution is -2.41. The van der Waals surface area contributed by atoms with Crippen LogP contribution >= 0.6 is 23.8 Å². The second-order valence-electron chi connectivity index (χ2n) is 5.81. The Labute approximate surface area is 148 Å². The molecular weight excluding hydrogens is 326 g/mol. The Morgan fingerprint density at radius 1 is 1.26 bits per heavy atom. The van der Waals surface area contributed by atoms with Gasteiger partial charge in [0.15, 0.2) is 5.11 Å². The van der Waals surface area contributed by atoms with Crippen molar-refractivity contribution in [2.45, 2.75) is 33.2 Å². The Morgan fingerprint density at radius 2 is 1.96 bits per heavy atom. The van der Waals surface area contributed by atoms with E-state index in [9.17, 15) is 0 Å². The Hall–Kier alpha value is -1.65. The van der Waals surface area contributed by atoms with Gasteiger partial charge in [0.25, 0.3) is 0 Å². The summed E-state index contributed by atoms with van der Waals surface area (Å²) in [6, 6.07) is 10.3. The predicted molar refractivity (Wildman–Crippen MR) is 102 cm³/mol. The van der Waals surface area contributed by atoms with Gasteiger partial charge in [0, 0.05) is 25.0 Å². The van der Waals surface area contributed by atoms with Crippen molar-refractivity contribution in [3.8, 4) is 0 Å². The third-order valence-electron chi connectivity index (χ3n) is 3.64. The van der Waals surface area contributed by atoms with Gasteiger partial charge in [0.2, 0.25) is 0 Å². The summed E-state index contributed by atoms with van der Waals surface area (Å²) >= 11 is 11.9. The van der Waals surface area contributed by atoms with Crippen LogP contribution in [0.15, 0.2) is 42.7 Å². The van der Waals surface area contributed by atoms with Crippen molar-refractivity contribution in [2.24, 2.45) is 0 Å². The number of aromatic nitrogens is 1. The highest BCUT2D eigenvalue weighted by molar-refractivity contribution is 7.80.